The standard InChI is InChI=1S/C10H9Cl2N2/c1-13-4-5-14(7-13)10-3-2-8(11)6-9(10)12/h2-7H,1H3/q+1. The van der Waals surface area contributed by atoms with Crippen LogP contribution in [0.3, 0.4) is 0 Å². The highest BCUT2D eigenvalue weighted by Crippen LogP contribution is 2.23. The molecule has 0 fully saturated rings. The Balaban J connectivity index is 2.52. The van der Waals surface area contributed by atoms with Crippen molar-refractivity contribution in [1.29, 1.82) is 0 Å². The van der Waals surface area contributed by atoms with Gasteiger partial charge in [-0.3, -0.25) is 0 Å². The van der Waals surface area contributed by atoms with Crippen LogP contribution in [0.5, 0.6) is 0 Å². The first-order valence-corrected chi connectivity index (χ1v) is 4.91. The zero-order valence-electron chi connectivity index (χ0n) is 7.61. The molecule has 2 nitrogen and oxygen atoms in total. The van der Waals surface area contributed by atoms with Gasteiger partial charge in [0.2, 0.25) is 6.33 Å². The van der Waals surface area contributed by atoms with E-state index in [1.54, 1.807) is 6.07 Å². The molecule has 0 radical (unpaired) electrons. The van der Waals surface area contributed by atoms with Crippen LogP contribution >= 0.6 is 23.2 Å². The van der Waals surface area contributed by atoms with E-state index in [1.807, 2.05) is 47.0 Å². The first-order valence-electron chi connectivity index (χ1n) is 4.15. The third kappa shape index (κ3) is 1.76. The number of aromatic nitrogens is 2. The smallest absolute Gasteiger partial charge is 0.239 e. The number of hydrogen-bond donors (Lipinski definition) is 0. The quantitative estimate of drug-likeness (QED) is 0.663. The molecular formula is C10H9Cl2N2+. The van der Waals surface area contributed by atoms with Gasteiger partial charge in [-0.05, 0) is 18.2 Å². The molecule has 0 N–H and O–H groups in total. The van der Waals surface area contributed by atoms with Crippen LogP contribution in [0.2, 0.25) is 10.0 Å². The molecule has 0 aliphatic carbocycles. The van der Waals surface area contributed by atoms with Gasteiger partial charge in [-0.15, -0.1) is 0 Å². The predicted octanol–water partition coefficient (Wildman–Crippen LogP) is 2.61. The number of rotatable bonds is 1. The van der Waals surface area contributed by atoms with Crippen molar-refractivity contribution in [3.05, 3.63) is 47.0 Å². The highest BCUT2D eigenvalue weighted by atomic mass is 35.5. The molecule has 2 aromatic rings. The first kappa shape index (κ1) is 9.56. The van der Waals surface area contributed by atoms with Gasteiger partial charge in [0, 0.05) is 5.02 Å². The lowest BCUT2D eigenvalue weighted by Gasteiger charge is -1.98. The highest BCUT2D eigenvalue weighted by Gasteiger charge is 2.08. The monoisotopic (exact) mass is 227 g/mol. The molecule has 1 aromatic carbocycles. The zero-order valence-corrected chi connectivity index (χ0v) is 9.13. The molecule has 0 bridgehead atoms. The molecule has 2 rings (SSSR count). The molecule has 1 aromatic heterocycles. The van der Waals surface area contributed by atoms with E-state index in [9.17, 15) is 0 Å². The molecule has 0 saturated heterocycles. The summed E-state index contributed by atoms with van der Waals surface area (Å²) in [6.07, 6.45) is 5.83. The number of hydrogen-bond acceptors (Lipinski definition) is 0. The summed E-state index contributed by atoms with van der Waals surface area (Å²) in [4.78, 5) is 0. The van der Waals surface area contributed by atoms with Crippen LogP contribution in [0, 0.1) is 0 Å². The summed E-state index contributed by atoms with van der Waals surface area (Å²) >= 11 is 11.9. The lowest BCUT2D eigenvalue weighted by atomic mass is 10.3. The first-order chi connectivity index (χ1) is 6.66. The van der Waals surface area contributed by atoms with Crippen molar-refractivity contribution in [3.8, 4) is 5.69 Å². The van der Waals surface area contributed by atoms with Crippen molar-refractivity contribution in [1.82, 2.24) is 4.57 Å². The summed E-state index contributed by atoms with van der Waals surface area (Å²) in [6, 6.07) is 5.45. The van der Waals surface area contributed by atoms with Gasteiger partial charge in [0.25, 0.3) is 0 Å². The maximum absolute atomic E-state index is 6.06. The highest BCUT2D eigenvalue weighted by molar-refractivity contribution is 6.35. The van der Waals surface area contributed by atoms with Crippen LogP contribution in [0.15, 0.2) is 36.9 Å². The van der Waals surface area contributed by atoms with E-state index in [1.165, 1.54) is 0 Å². The Hall–Kier alpha value is -0.990. The Labute approximate surface area is 92.3 Å². The molecule has 4 heteroatoms. The Kier molecular flexibility index (Phi) is 2.48. The lowest BCUT2D eigenvalue weighted by Crippen LogP contribution is -2.23. The van der Waals surface area contributed by atoms with Gasteiger partial charge in [0.1, 0.15) is 12.4 Å². The lowest BCUT2D eigenvalue weighted by molar-refractivity contribution is -0.670. The normalized spacial score (nSPS) is 10.5. The largest absolute Gasteiger partial charge is 0.248 e. The summed E-state index contributed by atoms with van der Waals surface area (Å²) in [5.74, 6) is 0. The van der Waals surface area contributed by atoms with Crippen molar-refractivity contribution < 1.29 is 4.57 Å². The van der Waals surface area contributed by atoms with E-state index in [4.69, 9.17) is 23.2 Å². The molecule has 0 atom stereocenters. The summed E-state index contributed by atoms with van der Waals surface area (Å²) in [5.41, 5.74) is 0.927. The topological polar surface area (TPSA) is 8.81 Å². The number of benzene rings is 1. The Bertz CT molecular complexity index is 463. The van der Waals surface area contributed by atoms with E-state index in [0.717, 1.165) is 5.69 Å². The van der Waals surface area contributed by atoms with Crippen LogP contribution < -0.4 is 4.57 Å². The van der Waals surface area contributed by atoms with Crippen molar-refractivity contribution in [2.75, 3.05) is 0 Å². The minimum atomic E-state index is 0.647. The SMILES string of the molecule is C[n+]1ccn(-c2ccc(Cl)cc2Cl)c1. The fraction of sp³-hybridized carbons (Fsp3) is 0.100. The summed E-state index contributed by atoms with van der Waals surface area (Å²) in [6.45, 7) is 0. The second kappa shape index (κ2) is 3.64. The maximum Gasteiger partial charge on any atom is 0.248 e. The van der Waals surface area contributed by atoms with Gasteiger partial charge >= 0.3 is 0 Å². The molecule has 72 valence electrons. The van der Waals surface area contributed by atoms with Crippen molar-refractivity contribution in [2.45, 2.75) is 0 Å². The van der Waals surface area contributed by atoms with Gasteiger partial charge < -0.3 is 0 Å². The third-order valence-electron chi connectivity index (χ3n) is 1.96. The van der Waals surface area contributed by atoms with Crippen LogP contribution in [-0.2, 0) is 7.05 Å². The summed E-state index contributed by atoms with van der Waals surface area (Å²) < 4.78 is 3.89. The van der Waals surface area contributed by atoms with Crippen LogP contribution in [0.4, 0.5) is 0 Å². The van der Waals surface area contributed by atoms with Gasteiger partial charge in [-0.1, -0.05) is 23.2 Å². The molecule has 14 heavy (non-hydrogen) atoms. The molecule has 0 saturated carbocycles. The maximum atomic E-state index is 6.06. The number of nitrogens with zero attached hydrogens (tertiary/aromatic N) is 2. The fourth-order valence-electron chi connectivity index (χ4n) is 1.28. The third-order valence-corrected chi connectivity index (χ3v) is 2.49. The van der Waals surface area contributed by atoms with E-state index >= 15 is 0 Å². The molecule has 0 amide bonds. The number of aryl methyl sites for hydroxylation is 1. The molecule has 0 aliphatic heterocycles. The molecule has 0 spiro atoms. The number of halogens is 2. The molecular weight excluding hydrogens is 219 g/mol. The van der Waals surface area contributed by atoms with Crippen molar-refractivity contribution >= 4 is 23.2 Å². The minimum absolute atomic E-state index is 0.647. The number of imidazole rings is 1. The summed E-state index contributed by atoms with van der Waals surface area (Å²) in [5, 5.41) is 1.30. The Morgan fingerprint density at radius 3 is 2.64 bits per heavy atom. The van der Waals surface area contributed by atoms with E-state index in [2.05, 4.69) is 0 Å². The van der Waals surface area contributed by atoms with E-state index in [-0.39, 0.29) is 0 Å². The van der Waals surface area contributed by atoms with Gasteiger partial charge in [-0.25, -0.2) is 9.13 Å². The average Bonchev–Trinajstić information content (AvgIpc) is 2.51. The second-order valence-corrected chi connectivity index (χ2v) is 3.93. The van der Waals surface area contributed by atoms with Gasteiger partial charge in [-0.2, -0.15) is 0 Å². The second-order valence-electron chi connectivity index (χ2n) is 3.08. The predicted molar refractivity (Wildman–Crippen MR) is 57.0 cm³/mol. The van der Waals surface area contributed by atoms with Crippen molar-refractivity contribution in [2.24, 2.45) is 7.05 Å². The average molecular weight is 228 g/mol. The Morgan fingerprint density at radius 1 is 1.29 bits per heavy atom. The zero-order chi connectivity index (χ0) is 10.1. The molecule has 1 heterocycles. The van der Waals surface area contributed by atoms with Crippen LogP contribution in [-0.4, -0.2) is 4.57 Å². The van der Waals surface area contributed by atoms with Crippen molar-refractivity contribution in [3.63, 3.8) is 0 Å². The Morgan fingerprint density at radius 2 is 2.07 bits per heavy atom. The van der Waals surface area contributed by atoms with E-state index < -0.39 is 0 Å². The molecule has 0 unspecified atom stereocenters. The molecule has 0 aliphatic rings. The minimum Gasteiger partial charge on any atom is -0.239 e. The van der Waals surface area contributed by atoms with Crippen LogP contribution in [0.25, 0.3) is 5.69 Å². The van der Waals surface area contributed by atoms with Gasteiger partial charge in [0.05, 0.1) is 12.1 Å². The van der Waals surface area contributed by atoms with Gasteiger partial charge in [0.15, 0.2) is 5.69 Å². The van der Waals surface area contributed by atoms with Crippen LogP contribution in [0.1, 0.15) is 0 Å². The van der Waals surface area contributed by atoms with E-state index in [0.29, 0.717) is 10.0 Å². The fourth-order valence-corrected chi connectivity index (χ4v) is 1.79. The summed E-state index contributed by atoms with van der Waals surface area (Å²) in [7, 11) is 1.96.